The number of hydrogen-bond acceptors (Lipinski definition) is 5. The van der Waals surface area contributed by atoms with E-state index in [0.717, 1.165) is 5.56 Å². The van der Waals surface area contributed by atoms with E-state index < -0.39 is 18.3 Å². The van der Waals surface area contributed by atoms with Crippen LogP contribution < -0.4 is 15.0 Å². The van der Waals surface area contributed by atoms with Crippen molar-refractivity contribution in [3.8, 4) is 5.75 Å². The number of hydrogen-bond donors (Lipinski definition) is 1. The van der Waals surface area contributed by atoms with Crippen molar-refractivity contribution in [2.45, 2.75) is 12.7 Å². The minimum Gasteiger partial charge on any atom is -0.495 e. The second kappa shape index (κ2) is 8.64. The first-order valence-corrected chi connectivity index (χ1v) is 8.71. The van der Waals surface area contributed by atoms with Gasteiger partial charge in [0.05, 0.1) is 25.2 Å². The molecule has 0 radical (unpaired) electrons. The molecular formula is C19H19ClN2O5. The van der Waals surface area contributed by atoms with Gasteiger partial charge in [-0.05, 0) is 23.8 Å². The Hall–Kier alpha value is -2.93. The van der Waals surface area contributed by atoms with E-state index in [1.807, 2.05) is 30.3 Å². The predicted molar refractivity (Wildman–Crippen MR) is 100 cm³/mol. The largest absolute Gasteiger partial charge is 0.495 e. The number of carbonyl (C=O) groups excluding carboxylic acids is 2. The van der Waals surface area contributed by atoms with Gasteiger partial charge in [0.1, 0.15) is 18.5 Å². The van der Waals surface area contributed by atoms with Crippen molar-refractivity contribution in [1.82, 2.24) is 5.32 Å². The maximum Gasteiger partial charge on any atom is 0.414 e. The van der Waals surface area contributed by atoms with E-state index in [-0.39, 0.29) is 13.2 Å². The fraction of sp³-hybridized carbons (Fsp3) is 0.263. The molecule has 1 aliphatic rings. The molecule has 0 spiro atoms. The monoisotopic (exact) mass is 390 g/mol. The molecule has 2 amide bonds. The summed E-state index contributed by atoms with van der Waals surface area (Å²) >= 11 is 6.10. The van der Waals surface area contributed by atoms with Crippen molar-refractivity contribution in [2.75, 3.05) is 25.1 Å². The Morgan fingerprint density at radius 2 is 2.07 bits per heavy atom. The number of benzene rings is 2. The molecule has 1 aliphatic heterocycles. The van der Waals surface area contributed by atoms with E-state index in [1.165, 1.54) is 12.0 Å². The number of amides is 2. The average Bonchev–Trinajstić information content (AvgIpc) is 3.06. The van der Waals surface area contributed by atoms with Gasteiger partial charge < -0.3 is 19.5 Å². The van der Waals surface area contributed by atoms with E-state index in [9.17, 15) is 9.59 Å². The highest BCUT2D eigenvalue weighted by atomic mass is 35.5. The van der Waals surface area contributed by atoms with Crippen LogP contribution in [-0.2, 0) is 16.1 Å². The quantitative estimate of drug-likeness (QED) is 0.815. The third kappa shape index (κ3) is 4.83. The van der Waals surface area contributed by atoms with Gasteiger partial charge in [-0.3, -0.25) is 4.90 Å². The normalized spacial score (nSPS) is 16.0. The molecule has 1 fully saturated rings. The fourth-order valence-electron chi connectivity index (χ4n) is 2.63. The van der Waals surface area contributed by atoms with Crippen LogP contribution in [0, 0.1) is 0 Å². The first kappa shape index (κ1) is 18.8. The van der Waals surface area contributed by atoms with Crippen LogP contribution in [0.25, 0.3) is 0 Å². The highest BCUT2D eigenvalue weighted by Crippen LogP contribution is 2.31. The molecule has 2 aromatic carbocycles. The number of nitrogens with zero attached hydrogens (tertiary/aromatic N) is 1. The smallest absolute Gasteiger partial charge is 0.414 e. The van der Waals surface area contributed by atoms with Crippen LogP contribution in [0.5, 0.6) is 5.75 Å². The zero-order valence-corrected chi connectivity index (χ0v) is 15.4. The minimum atomic E-state index is -0.569. The number of ether oxygens (including phenoxy) is 3. The van der Waals surface area contributed by atoms with Crippen molar-refractivity contribution in [3.05, 3.63) is 59.1 Å². The van der Waals surface area contributed by atoms with Crippen LogP contribution in [0.15, 0.2) is 48.5 Å². The third-order valence-electron chi connectivity index (χ3n) is 4.01. The summed E-state index contributed by atoms with van der Waals surface area (Å²) in [7, 11) is 1.52. The third-order valence-corrected chi connectivity index (χ3v) is 4.30. The van der Waals surface area contributed by atoms with Crippen molar-refractivity contribution >= 4 is 29.5 Å². The molecule has 1 unspecified atom stereocenters. The van der Waals surface area contributed by atoms with Gasteiger partial charge in [0.15, 0.2) is 0 Å². The van der Waals surface area contributed by atoms with Gasteiger partial charge in [-0.2, -0.15) is 0 Å². The topological polar surface area (TPSA) is 77.1 Å². The summed E-state index contributed by atoms with van der Waals surface area (Å²) in [4.78, 5) is 25.3. The first-order chi connectivity index (χ1) is 13.1. The summed E-state index contributed by atoms with van der Waals surface area (Å²) in [5.74, 6) is 0.521. The molecule has 8 heteroatoms. The Labute approximate surface area is 161 Å². The number of rotatable bonds is 6. The summed E-state index contributed by atoms with van der Waals surface area (Å²) in [6.07, 6.45) is -1.55. The van der Waals surface area contributed by atoms with E-state index >= 15 is 0 Å². The molecule has 1 saturated heterocycles. The Bertz CT molecular complexity index is 815. The molecule has 0 aliphatic carbocycles. The lowest BCUT2D eigenvalue weighted by Gasteiger charge is -2.14. The predicted octanol–water partition coefficient (Wildman–Crippen LogP) is 3.60. The summed E-state index contributed by atoms with van der Waals surface area (Å²) in [6.45, 7) is 0.619. The molecule has 1 heterocycles. The van der Waals surface area contributed by atoms with E-state index in [2.05, 4.69) is 5.32 Å². The summed E-state index contributed by atoms with van der Waals surface area (Å²) in [5.41, 5.74) is 1.49. The standard InChI is InChI=1S/C19H19ClN2O5/c1-25-17-8-7-14(9-16(17)20)22-11-15(27-19(22)24)10-21-18(23)26-12-13-5-3-2-4-6-13/h2-9,15H,10-12H2,1H3,(H,21,23). The number of cyclic esters (lactones) is 1. The van der Waals surface area contributed by atoms with Crippen LogP contribution in [-0.4, -0.2) is 38.5 Å². The number of carbonyl (C=O) groups is 2. The van der Waals surface area contributed by atoms with Crippen molar-refractivity contribution in [3.63, 3.8) is 0 Å². The number of anilines is 1. The van der Waals surface area contributed by atoms with Crippen LogP contribution in [0.4, 0.5) is 15.3 Å². The van der Waals surface area contributed by atoms with E-state index in [4.69, 9.17) is 25.8 Å². The fourth-order valence-corrected chi connectivity index (χ4v) is 2.89. The lowest BCUT2D eigenvalue weighted by molar-refractivity contribution is 0.121. The highest BCUT2D eigenvalue weighted by molar-refractivity contribution is 6.32. The van der Waals surface area contributed by atoms with Gasteiger partial charge in [-0.15, -0.1) is 0 Å². The van der Waals surface area contributed by atoms with E-state index in [1.54, 1.807) is 18.2 Å². The van der Waals surface area contributed by atoms with Gasteiger partial charge >= 0.3 is 12.2 Å². The molecule has 0 saturated carbocycles. The van der Waals surface area contributed by atoms with Crippen LogP contribution in [0.1, 0.15) is 5.56 Å². The van der Waals surface area contributed by atoms with Gasteiger partial charge in [-0.1, -0.05) is 41.9 Å². The summed E-state index contributed by atoms with van der Waals surface area (Å²) in [5, 5.41) is 3.00. The second-order valence-corrected chi connectivity index (χ2v) is 6.29. The molecule has 2 aromatic rings. The Kier molecular flexibility index (Phi) is 6.03. The SMILES string of the molecule is COc1ccc(N2CC(CNC(=O)OCc3ccccc3)OC2=O)cc1Cl. The van der Waals surface area contributed by atoms with Crippen LogP contribution >= 0.6 is 11.6 Å². The molecule has 27 heavy (non-hydrogen) atoms. The first-order valence-electron chi connectivity index (χ1n) is 8.33. The second-order valence-electron chi connectivity index (χ2n) is 5.88. The molecule has 7 nitrogen and oxygen atoms in total. The summed E-state index contributed by atoms with van der Waals surface area (Å²) < 4.78 is 15.5. The maximum atomic E-state index is 12.1. The van der Waals surface area contributed by atoms with Crippen molar-refractivity contribution < 1.29 is 23.8 Å². The Morgan fingerprint density at radius 3 is 2.78 bits per heavy atom. The number of methoxy groups -OCH3 is 1. The van der Waals surface area contributed by atoms with Gasteiger partial charge in [0.25, 0.3) is 0 Å². The van der Waals surface area contributed by atoms with E-state index in [0.29, 0.717) is 23.0 Å². The molecule has 1 atom stereocenters. The molecule has 0 bridgehead atoms. The Balaban J connectivity index is 1.49. The molecule has 1 N–H and O–H groups in total. The van der Waals surface area contributed by atoms with Gasteiger partial charge in [0.2, 0.25) is 0 Å². The van der Waals surface area contributed by atoms with Crippen molar-refractivity contribution in [1.29, 1.82) is 0 Å². The number of nitrogens with one attached hydrogen (secondary N) is 1. The molecular weight excluding hydrogens is 372 g/mol. The van der Waals surface area contributed by atoms with Crippen LogP contribution in [0.2, 0.25) is 5.02 Å². The molecule has 3 rings (SSSR count). The van der Waals surface area contributed by atoms with Gasteiger partial charge in [0, 0.05) is 5.69 Å². The Morgan fingerprint density at radius 1 is 1.30 bits per heavy atom. The molecule has 142 valence electrons. The zero-order valence-electron chi connectivity index (χ0n) is 14.7. The average molecular weight is 391 g/mol. The minimum absolute atomic E-state index is 0.153. The maximum absolute atomic E-state index is 12.1. The van der Waals surface area contributed by atoms with Crippen molar-refractivity contribution in [2.24, 2.45) is 0 Å². The number of alkyl carbamates (subject to hydrolysis) is 1. The van der Waals surface area contributed by atoms with Crippen LogP contribution in [0.3, 0.4) is 0 Å². The zero-order chi connectivity index (χ0) is 19.2. The molecule has 0 aromatic heterocycles. The number of halogens is 1. The lowest BCUT2D eigenvalue weighted by Crippen LogP contribution is -2.34. The highest BCUT2D eigenvalue weighted by Gasteiger charge is 2.32. The summed E-state index contributed by atoms with van der Waals surface area (Å²) in [6, 6.07) is 14.4. The van der Waals surface area contributed by atoms with Gasteiger partial charge in [-0.25, -0.2) is 9.59 Å². The lowest BCUT2D eigenvalue weighted by atomic mass is 10.2.